The number of para-hydroxylation sites is 1. The molecule has 0 atom stereocenters. The maximum absolute atomic E-state index is 12.8. The lowest BCUT2D eigenvalue weighted by atomic mass is 10.1. The van der Waals surface area contributed by atoms with Gasteiger partial charge in [-0.2, -0.15) is 5.10 Å². The van der Waals surface area contributed by atoms with Crippen LogP contribution < -0.4 is 4.90 Å². The highest BCUT2D eigenvalue weighted by Gasteiger charge is 2.25. The van der Waals surface area contributed by atoms with Crippen molar-refractivity contribution in [3.8, 4) is 5.69 Å². The topological polar surface area (TPSA) is 71.3 Å². The first-order valence-corrected chi connectivity index (χ1v) is 10.9. The first-order chi connectivity index (χ1) is 14.4. The van der Waals surface area contributed by atoms with Gasteiger partial charge in [0.2, 0.25) is 11.8 Å². The van der Waals surface area contributed by atoms with Crippen LogP contribution in [0.1, 0.15) is 35.5 Å². The molecule has 2 amide bonds. The highest BCUT2D eigenvalue weighted by molar-refractivity contribution is 7.14. The minimum atomic E-state index is -0.00846. The molecule has 156 valence electrons. The number of nitrogens with zero attached hydrogens (tertiary/aromatic N) is 5. The monoisotopic (exact) mass is 423 g/mol. The third-order valence-corrected chi connectivity index (χ3v) is 6.35. The van der Waals surface area contributed by atoms with Crippen molar-refractivity contribution in [1.82, 2.24) is 19.7 Å². The van der Waals surface area contributed by atoms with E-state index >= 15 is 0 Å². The SMILES string of the molecule is Cc1nn(-c2ccccc2)c(C)c1CN(C)C(=O)Cc1csc(N2CCCC2=O)n1. The van der Waals surface area contributed by atoms with Gasteiger partial charge in [-0.25, -0.2) is 9.67 Å². The maximum atomic E-state index is 12.8. The van der Waals surface area contributed by atoms with Crippen LogP contribution in [0.25, 0.3) is 5.69 Å². The predicted molar refractivity (Wildman–Crippen MR) is 117 cm³/mol. The molecule has 1 aliphatic heterocycles. The summed E-state index contributed by atoms with van der Waals surface area (Å²) in [6, 6.07) is 9.98. The maximum Gasteiger partial charge on any atom is 0.228 e. The lowest BCUT2D eigenvalue weighted by Gasteiger charge is -2.17. The summed E-state index contributed by atoms with van der Waals surface area (Å²) >= 11 is 1.42. The van der Waals surface area contributed by atoms with Gasteiger partial charge in [0.1, 0.15) is 0 Å². The fraction of sp³-hybridized carbons (Fsp3) is 0.364. The second-order valence-corrected chi connectivity index (χ2v) is 8.43. The average Bonchev–Trinajstić information content (AvgIpc) is 3.44. The number of benzene rings is 1. The van der Waals surface area contributed by atoms with Gasteiger partial charge >= 0.3 is 0 Å². The standard InChI is InChI=1S/C22H25N5O2S/c1-15-19(16(2)27(24-15)18-8-5-4-6-9-18)13-25(3)21(29)12-17-14-30-22(23-17)26-11-7-10-20(26)28/h4-6,8-9,14H,7,10-13H2,1-3H3. The van der Waals surface area contributed by atoms with Gasteiger partial charge in [-0.1, -0.05) is 18.2 Å². The van der Waals surface area contributed by atoms with Gasteiger partial charge in [0, 0.05) is 43.2 Å². The Morgan fingerprint density at radius 3 is 2.70 bits per heavy atom. The number of amides is 2. The Balaban J connectivity index is 1.44. The van der Waals surface area contributed by atoms with Crippen molar-refractivity contribution in [1.29, 1.82) is 0 Å². The summed E-state index contributed by atoms with van der Waals surface area (Å²) < 4.78 is 1.92. The number of anilines is 1. The third kappa shape index (κ3) is 4.00. The number of aromatic nitrogens is 3. The first-order valence-electron chi connectivity index (χ1n) is 10.0. The Bertz CT molecular complexity index is 1070. The van der Waals surface area contributed by atoms with Crippen LogP contribution in [0, 0.1) is 13.8 Å². The molecule has 30 heavy (non-hydrogen) atoms. The molecule has 8 heteroatoms. The van der Waals surface area contributed by atoms with Crippen molar-refractivity contribution >= 4 is 28.3 Å². The molecule has 4 rings (SSSR count). The first kappa shape index (κ1) is 20.3. The Labute approximate surface area is 179 Å². The molecule has 0 radical (unpaired) electrons. The Morgan fingerprint density at radius 1 is 1.23 bits per heavy atom. The summed E-state index contributed by atoms with van der Waals surface area (Å²) in [6.45, 7) is 5.20. The lowest BCUT2D eigenvalue weighted by molar-refractivity contribution is -0.129. The van der Waals surface area contributed by atoms with Crippen molar-refractivity contribution in [3.63, 3.8) is 0 Å². The molecule has 0 spiro atoms. The lowest BCUT2D eigenvalue weighted by Crippen LogP contribution is -2.28. The Kier molecular flexibility index (Phi) is 5.67. The fourth-order valence-corrected chi connectivity index (χ4v) is 4.56. The Hall–Kier alpha value is -3.00. The number of aryl methyl sites for hydroxylation is 1. The highest BCUT2D eigenvalue weighted by atomic mass is 32.1. The van der Waals surface area contributed by atoms with E-state index < -0.39 is 0 Å². The van der Waals surface area contributed by atoms with Crippen LogP contribution in [-0.4, -0.2) is 45.1 Å². The van der Waals surface area contributed by atoms with Crippen molar-refractivity contribution < 1.29 is 9.59 Å². The van der Waals surface area contributed by atoms with Gasteiger partial charge in [-0.15, -0.1) is 11.3 Å². The molecule has 0 unspecified atom stereocenters. The molecule has 0 saturated carbocycles. The number of thiazole rings is 1. The number of likely N-dealkylation sites (N-methyl/N-ethyl adjacent to an activating group) is 1. The smallest absolute Gasteiger partial charge is 0.228 e. The minimum absolute atomic E-state index is 0.00846. The van der Waals surface area contributed by atoms with E-state index in [0.29, 0.717) is 30.3 Å². The molecule has 0 aliphatic carbocycles. The summed E-state index contributed by atoms with van der Waals surface area (Å²) in [6.07, 6.45) is 1.66. The summed E-state index contributed by atoms with van der Waals surface area (Å²) in [5.41, 5.74) is 4.71. The summed E-state index contributed by atoms with van der Waals surface area (Å²) in [7, 11) is 1.80. The van der Waals surface area contributed by atoms with Crippen LogP contribution in [0.2, 0.25) is 0 Å². The largest absolute Gasteiger partial charge is 0.341 e. The van der Waals surface area contributed by atoms with E-state index in [0.717, 1.165) is 29.1 Å². The van der Waals surface area contributed by atoms with E-state index in [1.807, 2.05) is 54.2 Å². The van der Waals surface area contributed by atoms with Crippen LogP contribution in [0.5, 0.6) is 0 Å². The molecule has 0 N–H and O–H groups in total. The summed E-state index contributed by atoms with van der Waals surface area (Å²) in [5, 5.41) is 7.23. The van der Waals surface area contributed by atoms with E-state index in [2.05, 4.69) is 10.1 Å². The number of carbonyl (C=O) groups is 2. The van der Waals surface area contributed by atoms with Crippen molar-refractivity contribution in [2.45, 2.75) is 39.7 Å². The van der Waals surface area contributed by atoms with E-state index in [-0.39, 0.29) is 18.2 Å². The second-order valence-electron chi connectivity index (χ2n) is 7.59. The van der Waals surface area contributed by atoms with Gasteiger partial charge in [0.15, 0.2) is 5.13 Å². The molecule has 2 aromatic heterocycles. The van der Waals surface area contributed by atoms with Crippen LogP contribution in [-0.2, 0) is 22.6 Å². The van der Waals surface area contributed by atoms with Crippen LogP contribution in [0.4, 0.5) is 5.13 Å². The van der Waals surface area contributed by atoms with Gasteiger partial charge in [-0.05, 0) is 32.4 Å². The normalized spacial score (nSPS) is 13.8. The quantitative estimate of drug-likeness (QED) is 0.610. The molecule has 0 bridgehead atoms. The molecule has 1 aliphatic rings. The molecule has 1 saturated heterocycles. The summed E-state index contributed by atoms with van der Waals surface area (Å²) in [5.74, 6) is 0.103. The summed E-state index contributed by atoms with van der Waals surface area (Å²) in [4.78, 5) is 32.6. The van der Waals surface area contributed by atoms with E-state index in [1.54, 1.807) is 16.8 Å². The molecular weight excluding hydrogens is 398 g/mol. The van der Waals surface area contributed by atoms with Crippen LogP contribution >= 0.6 is 11.3 Å². The molecule has 3 aromatic rings. The van der Waals surface area contributed by atoms with Crippen molar-refractivity contribution in [2.24, 2.45) is 0 Å². The molecule has 1 fully saturated rings. The number of hydrogen-bond acceptors (Lipinski definition) is 5. The van der Waals surface area contributed by atoms with Crippen molar-refractivity contribution in [2.75, 3.05) is 18.5 Å². The molecule has 3 heterocycles. The van der Waals surface area contributed by atoms with Crippen molar-refractivity contribution in [3.05, 3.63) is 58.4 Å². The van der Waals surface area contributed by atoms with E-state index in [9.17, 15) is 9.59 Å². The van der Waals surface area contributed by atoms with Crippen LogP contribution in [0.3, 0.4) is 0 Å². The Morgan fingerprint density at radius 2 is 2.00 bits per heavy atom. The fourth-order valence-electron chi connectivity index (χ4n) is 3.69. The average molecular weight is 424 g/mol. The van der Waals surface area contributed by atoms with Gasteiger partial charge < -0.3 is 4.90 Å². The van der Waals surface area contributed by atoms with Gasteiger partial charge in [0.05, 0.1) is 23.5 Å². The third-order valence-electron chi connectivity index (χ3n) is 5.44. The molecule has 1 aromatic carbocycles. The molecular formula is C22H25N5O2S. The zero-order valence-corrected chi connectivity index (χ0v) is 18.3. The number of hydrogen-bond donors (Lipinski definition) is 0. The molecule has 7 nitrogen and oxygen atoms in total. The minimum Gasteiger partial charge on any atom is -0.341 e. The number of rotatable bonds is 6. The zero-order valence-electron chi connectivity index (χ0n) is 17.5. The van der Waals surface area contributed by atoms with E-state index in [1.165, 1.54) is 11.3 Å². The van der Waals surface area contributed by atoms with E-state index in [4.69, 9.17) is 0 Å². The number of carbonyl (C=O) groups excluding carboxylic acids is 2. The second kappa shape index (κ2) is 8.39. The zero-order chi connectivity index (χ0) is 21.3. The van der Waals surface area contributed by atoms with Gasteiger partial charge in [0.25, 0.3) is 0 Å². The predicted octanol–water partition coefficient (Wildman–Crippen LogP) is 3.27. The highest BCUT2D eigenvalue weighted by Crippen LogP contribution is 2.26. The van der Waals surface area contributed by atoms with Gasteiger partial charge in [-0.3, -0.25) is 14.5 Å². The van der Waals surface area contributed by atoms with Crippen LogP contribution in [0.15, 0.2) is 35.7 Å².